The van der Waals surface area contributed by atoms with Crippen LogP contribution in [0.4, 0.5) is 5.69 Å². The quantitative estimate of drug-likeness (QED) is 0.576. The molecule has 0 aliphatic carbocycles. The van der Waals surface area contributed by atoms with Gasteiger partial charge in [-0.25, -0.2) is 0 Å². The Kier molecular flexibility index (Phi) is 5.38. The number of non-ortho nitro benzene ring substituents is 1. The van der Waals surface area contributed by atoms with E-state index in [0.717, 1.165) is 0 Å². The number of nitro benzene ring substituents is 1. The largest absolute Gasteiger partial charge is 0.491 e. The summed E-state index contributed by atoms with van der Waals surface area (Å²) < 4.78 is 10.2. The van der Waals surface area contributed by atoms with Gasteiger partial charge in [0.25, 0.3) is 5.69 Å². The van der Waals surface area contributed by atoms with E-state index in [0.29, 0.717) is 12.4 Å². The Bertz CT molecular complexity index is 369. The van der Waals surface area contributed by atoms with E-state index >= 15 is 0 Å². The number of nitro groups is 1. The molecule has 0 saturated carbocycles. The average Bonchev–Trinajstić information content (AvgIpc) is 2.34. The molecule has 0 aliphatic heterocycles. The van der Waals surface area contributed by atoms with Crippen molar-refractivity contribution in [3.8, 4) is 5.75 Å². The molecule has 0 bridgehead atoms. The topological polar surface area (TPSA) is 81.8 Å². The number of hydrogen-bond donors (Lipinski definition) is 1. The Balaban J connectivity index is 2.46. The van der Waals surface area contributed by atoms with Gasteiger partial charge in [0.2, 0.25) is 0 Å². The molecule has 6 nitrogen and oxygen atoms in total. The zero-order chi connectivity index (χ0) is 12.7. The highest BCUT2D eigenvalue weighted by Gasteiger charge is 2.08. The fourth-order valence-corrected chi connectivity index (χ4v) is 1.18. The van der Waals surface area contributed by atoms with Gasteiger partial charge in [0.05, 0.1) is 17.6 Å². The van der Waals surface area contributed by atoms with Crippen molar-refractivity contribution in [2.24, 2.45) is 0 Å². The minimum Gasteiger partial charge on any atom is -0.491 e. The predicted octanol–water partition coefficient (Wildman–Crippen LogP) is 1.37. The first kappa shape index (κ1) is 13.4. The zero-order valence-corrected chi connectivity index (χ0v) is 9.54. The summed E-state index contributed by atoms with van der Waals surface area (Å²) in [4.78, 5) is 10.0. The second-order valence-corrected chi connectivity index (χ2v) is 3.38. The summed E-state index contributed by atoms with van der Waals surface area (Å²) in [6.07, 6.45) is -0.741. The Hall–Kier alpha value is -1.66. The molecule has 0 radical (unpaired) electrons. The van der Waals surface area contributed by atoms with Gasteiger partial charge in [-0.15, -0.1) is 0 Å². The molecule has 1 aromatic rings. The van der Waals surface area contributed by atoms with E-state index in [2.05, 4.69) is 0 Å². The average molecular weight is 241 g/mol. The van der Waals surface area contributed by atoms with Crippen LogP contribution in [0.15, 0.2) is 24.3 Å². The molecular formula is C11H15NO5. The van der Waals surface area contributed by atoms with Crippen LogP contribution in [0.2, 0.25) is 0 Å². The van der Waals surface area contributed by atoms with Crippen LogP contribution >= 0.6 is 0 Å². The molecule has 17 heavy (non-hydrogen) atoms. The molecule has 0 fully saturated rings. The van der Waals surface area contributed by atoms with Crippen molar-refractivity contribution in [3.05, 3.63) is 34.4 Å². The molecule has 1 N–H and O–H groups in total. The van der Waals surface area contributed by atoms with Gasteiger partial charge < -0.3 is 14.6 Å². The number of aliphatic hydroxyl groups excluding tert-OH is 1. The minimum absolute atomic E-state index is 0.0400. The molecule has 0 saturated heterocycles. The number of hydrogen-bond acceptors (Lipinski definition) is 5. The second kappa shape index (κ2) is 6.82. The van der Waals surface area contributed by atoms with Crippen LogP contribution in [0.5, 0.6) is 5.75 Å². The van der Waals surface area contributed by atoms with Crippen LogP contribution < -0.4 is 4.74 Å². The smallest absolute Gasteiger partial charge is 0.273 e. The van der Waals surface area contributed by atoms with Crippen LogP contribution in [0, 0.1) is 10.1 Å². The molecule has 1 atom stereocenters. The number of ether oxygens (including phenoxy) is 2. The molecule has 0 spiro atoms. The van der Waals surface area contributed by atoms with Crippen molar-refractivity contribution >= 4 is 5.69 Å². The zero-order valence-electron chi connectivity index (χ0n) is 9.54. The molecule has 6 heteroatoms. The van der Waals surface area contributed by atoms with Crippen LogP contribution in [-0.4, -0.2) is 36.0 Å². The first-order chi connectivity index (χ1) is 8.13. The van der Waals surface area contributed by atoms with Crippen molar-refractivity contribution in [1.29, 1.82) is 0 Å². The molecule has 0 aromatic heterocycles. The van der Waals surface area contributed by atoms with Crippen LogP contribution in [0.25, 0.3) is 0 Å². The first-order valence-electron chi connectivity index (χ1n) is 5.26. The predicted molar refractivity (Wildman–Crippen MR) is 61.1 cm³/mol. The first-order valence-corrected chi connectivity index (χ1v) is 5.26. The van der Waals surface area contributed by atoms with Gasteiger partial charge in [-0.2, -0.15) is 0 Å². The van der Waals surface area contributed by atoms with E-state index in [9.17, 15) is 15.2 Å². The van der Waals surface area contributed by atoms with Gasteiger partial charge in [0, 0.05) is 12.7 Å². The molecule has 0 aliphatic rings. The van der Waals surface area contributed by atoms with E-state index in [-0.39, 0.29) is 18.9 Å². The van der Waals surface area contributed by atoms with Gasteiger partial charge >= 0.3 is 0 Å². The fraction of sp³-hybridized carbons (Fsp3) is 0.455. The molecule has 1 unspecified atom stereocenters. The summed E-state index contributed by atoms with van der Waals surface area (Å²) in [7, 11) is 0. The SMILES string of the molecule is CCOCC(O)COc1cccc([N+](=O)[O-])c1. The van der Waals surface area contributed by atoms with E-state index < -0.39 is 11.0 Å². The highest BCUT2D eigenvalue weighted by Crippen LogP contribution is 2.19. The summed E-state index contributed by atoms with van der Waals surface area (Å²) in [6, 6.07) is 5.82. The fourth-order valence-electron chi connectivity index (χ4n) is 1.18. The van der Waals surface area contributed by atoms with E-state index in [1.54, 1.807) is 6.07 Å². The monoisotopic (exact) mass is 241 g/mol. The summed E-state index contributed by atoms with van der Waals surface area (Å²) in [5.74, 6) is 0.356. The van der Waals surface area contributed by atoms with Crippen molar-refractivity contribution in [2.45, 2.75) is 13.0 Å². The van der Waals surface area contributed by atoms with E-state index in [1.165, 1.54) is 18.2 Å². The molecule has 1 aromatic carbocycles. The lowest BCUT2D eigenvalue weighted by Gasteiger charge is -2.11. The van der Waals surface area contributed by atoms with Crippen molar-refractivity contribution in [1.82, 2.24) is 0 Å². The van der Waals surface area contributed by atoms with Gasteiger partial charge in [-0.05, 0) is 13.0 Å². The lowest BCUT2D eigenvalue weighted by molar-refractivity contribution is -0.384. The molecule has 0 heterocycles. The minimum atomic E-state index is -0.741. The number of nitrogens with zero attached hydrogens (tertiary/aromatic N) is 1. The Labute approximate surface area is 98.9 Å². The number of aliphatic hydroxyl groups is 1. The van der Waals surface area contributed by atoms with Gasteiger partial charge in [0.15, 0.2) is 0 Å². The number of benzene rings is 1. The summed E-state index contributed by atoms with van der Waals surface area (Å²) >= 11 is 0. The van der Waals surface area contributed by atoms with Crippen LogP contribution in [-0.2, 0) is 4.74 Å². The van der Waals surface area contributed by atoms with Crippen LogP contribution in [0.1, 0.15) is 6.92 Å². The lowest BCUT2D eigenvalue weighted by atomic mass is 10.3. The molecule has 1 rings (SSSR count). The normalized spacial score (nSPS) is 12.1. The maximum absolute atomic E-state index is 10.5. The van der Waals surface area contributed by atoms with Crippen molar-refractivity contribution in [2.75, 3.05) is 19.8 Å². The lowest BCUT2D eigenvalue weighted by Crippen LogP contribution is -2.23. The van der Waals surface area contributed by atoms with E-state index in [1.807, 2.05) is 6.92 Å². The van der Waals surface area contributed by atoms with Crippen molar-refractivity contribution in [3.63, 3.8) is 0 Å². The highest BCUT2D eigenvalue weighted by molar-refractivity contribution is 5.37. The third kappa shape index (κ3) is 4.80. The van der Waals surface area contributed by atoms with Gasteiger partial charge in [-0.1, -0.05) is 6.07 Å². The third-order valence-electron chi connectivity index (χ3n) is 1.99. The van der Waals surface area contributed by atoms with Gasteiger partial charge in [0.1, 0.15) is 18.5 Å². The van der Waals surface area contributed by atoms with Crippen molar-refractivity contribution < 1.29 is 19.5 Å². The van der Waals surface area contributed by atoms with Gasteiger partial charge in [-0.3, -0.25) is 10.1 Å². The standard InChI is InChI=1S/C11H15NO5/c1-2-16-7-10(13)8-17-11-5-3-4-9(6-11)12(14)15/h3-6,10,13H,2,7-8H2,1H3. The van der Waals surface area contributed by atoms with Crippen LogP contribution in [0.3, 0.4) is 0 Å². The third-order valence-corrected chi connectivity index (χ3v) is 1.99. The number of rotatable bonds is 7. The Morgan fingerprint density at radius 2 is 2.24 bits per heavy atom. The molecule has 0 amide bonds. The maximum atomic E-state index is 10.5. The van der Waals surface area contributed by atoms with E-state index in [4.69, 9.17) is 9.47 Å². The Morgan fingerprint density at radius 3 is 2.88 bits per heavy atom. The molecular weight excluding hydrogens is 226 g/mol. The highest BCUT2D eigenvalue weighted by atomic mass is 16.6. The summed E-state index contributed by atoms with van der Waals surface area (Å²) in [6.45, 7) is 2.58. The summed E-state index contributed by atoms with van der Waals surface area (Å²) in [5.41, 5.74) is -0.0400. The summed E-state index contributed by atoms with van der Waals surface area (Å²) in [5, 5.41) is 19.9. The maximum Gasteiger partial charge on any atom is 0.273 e. The second-order valence-electron chi connectivity index (χ2n) is 3.38. The molecule has 94 valence electrons. The Morgan fingerprint density at radius 1 is 1.47 bits per heavy atom.